The van der Waals surface area contributed by atoms with Crippen LogP contribution in [0.4, 0.5) is 0 Å². The van der Waals surface area contributed by atoms with E-state index in [0.717, 1.165) is 0 Å². The zero-order valence-electron chi connectivity index (χ0n) is 11.1. The van der Waals surface area contributed by atoms with E-state index in [2.05, 4.69) is 5.32 Å². The maximum Gasteiger partial charge on any atom is 0.251 e. The molecule has 0 saturated carbocycles. The van der Waals surface area contributed by atoms with E-state index in [9.17, 15) is 9.90 Å². The van der Waals surface area contributed by atoms with Gasteiger partial charge in [0.25, 0.3) is 5.91 Å². The lowest BCUT2D eigenvalue weighted by atomic mass is 9.96. The lowest BCUT2D eigenvalue weighted by Gasteiger charge is -2.32. The summed E-state index contributed by atoms with van der Waals surface area (Å²) in [4.78, 5) is 12.0. The third-order valence-corrected chi connectivity index (χ3v) is 3.81. The van der Waals surface area contributed by atoms with Crippen LogP contribution >= 0.6 is 11.8 Å². The van der Waals surface area contributed by atoms with Crippen LogP contribution in [0.1, 0.15) is 30.6 Å². The fourth-order valence-electron chi connectivity index (χ4n) is 1.92. The smallest absolute Gasteiger partial charge is 0.251 e. The van der Waals surface area contributed by atoms with Crippen molar-refractivity contribution in [3.63, 3.8) is 0 Å². The lowest BCUT2D eigenvalue weighted by Crippen LogP contribution is -2.52. The molecule has 0 radical (unpaired) electrons. The van der Waals surface area contributed by atoms with Crippen LogP contribution in [-0.2, 0) is 0 Å². The molecule has 1 amide bonds. The summed E-state index contributed by atoms with van der Waals surface area (Å²) in [5, 5.41) is 13.2. The van der Waals surface area contributed by atoms with Gasteiger partial charge in [0.15, 0.2) is 0 Å². The van der Waals surface area contributed by atoms with E-state index in [-0.39, 0.29) is 11.9 Å². The third kappa shape index (κ3) is 4.03. The molecule has 0 saturated heterocycles. The molecule has 4 heteroatoms. The summed E-state index contributed by atoms with van der Waals surface area (Å²) < 4.78 is 0. The Morgan fingerprint density at radius 3 is 2.56 bits per heavy atom. The van der Waals surface area contributed by atoms with Gasteiger partial charge in [-0.05, 0) is 31.7 Å². The highest BCUT2D eigenvalue weighted by Crippen LogP contribution is 2.18. The highest BCUT2D eigenvalue weighted by molar-refractivity contribution is 7.98. The van der Waals surface area contributed by atoms with Gasteiger partial charge < -0.3 is 10.4 Å². The van der Waals surface area contributed by atoms with Gasteiger partial charge in [-0.1, -0.05) is 25.1 Å². The summed E-state index contributed by atoms with van der Waals surface area (Å²) in [5.41, 5.74) is -0.269. The molecule has 0 bridgehead atoms. The van der Waals surface area contributed by atoms with Crippen LogP contribution in [0, 0.1) is 0 Å². The van der Waals surface area contributed by atoms with Gasteiger partial charge in [-0.15, -0.1) is 0 Å². The first-order chi connectivity index (χ1) is 8.51. The Bertz CT molecular complexity index is 379. The van der Waals surface area contributed by atoms with Crippen molar-refractivity contribution in [2.45, 2.75) is 31.9 Å². The Morgan fingerprint density at radius 1 is 1.44 bits per heavy atom. The van der Waals surface area contributed by atoms with Crippen LogP contribution in [0.2, 0.25) is 0 Å². The minimum absolute atomic E-state index is 0.135. The van der Waals surface area contributed by atoms with E-state index < -0.39 is 5.60 Å². The van der Waals surface area contributed by atoms with E-state index in [0.29, 0.717) is 17.7 Å². The Morgan fingerprint density at radius 2 is 2.06 bits per heavy atom. The van der Waals surface area contributed by atoms with Crippen molar-refractivity contribution in [3.8, 4) is 0 Å². The van der Waals surface area contributed by atoms with Crippen molar-refractivity contribution in [3.05, 3.63) is 35.9 Å². The molecule has 0 spiro atoms. The van der Waals surface area contributed by atoms with Crippen molar-refractivity contribution < 1.29 is 9.90 Å². The number of carbonyl (C=O) groups excluding carboxylic acids is 1. The predicted molar refractivity (Wildman–Crippen MR) is 77.0 cm³/mol. The van der Waals surface area contributed by atoms with Crippen LogP contribution in [-0.4, -0.2) is 34.7 Å². The molecule has 0 heterocycles. The van der Waals surface area contributed by atoms with Gasteiger partial charge in [-0.2, -0.15) is 11.8 Å². The third-order valence-electron chi connectivity index (χ3n) is 2.94. The van der Waals surface area contributed by atoms with Gasteiger partial charge >= 0.3 is 0 Å². The number of rotatable bonds is 6. The number of nitrogens with one attached hydrogen (secondary N) is 1. The maximum absolute atomic E-state index is 12.0. The van der Waals surface area contributed by atoms with Gasteiger partial charge in [-0.25, -0.2) is 0 Å². The summed E-state index contributed by atoms with van der Waals surface area (Å²) in [7, 11) is 0. The van der Waals surface area contributed by atoms with Gasteiger partial charge in [0, 0.05) is 11.3 Å². The number of hydrogen-bond donors (Lipinski definition) is 2. The first kappa shape index (κ1) is 15.1. The van der Waals surface area contributed by atoms with Crippen molar-refractivity contribution >= 4 is 17.7 Å². The standard InChI is InChI=1S/C14H21NO2S/c1-4-12(14(2,17)10-18-3)15-13(16)11-8-6-5-7-9-11/h5-9,12,17H,4,10H2,1-3H3,(H,15,16)/t12-,14?/m1/s1. The molecule has 0 aliphatic heterocycles. The molecule has 1 unspecified atom stereocenters. The lowest BCUT2D eigenvalue weighted by molar-refractivity contribution is 0.0379. The van der Waals surface area contributed by atoms with E-state index >= 15 is 0 Å². The molecule has 100 valence electrons. The summed E-state index contributed by atoms with van der Waals surface area (Å²) in [6, 6.07) is 8.83. The minimum Gasteiger partial charge on any atom is -0.387 e. The number of carbonyl (C=O) groups is 1. The first-order valence-corrected chi connectivity index (χ1v) is 7.48. The van der Waals surface area contributed by atoms with E-state index in [4.69, 9.17) is 0 Å². The Kier molecular flexibility index (Phi) is 5.69. The molecule has 0 fully saturated rings. The van der Waals surface area contributed by atoms with E-state index in [1.54, 1.807) is 30.8 Å². The van der Waals surface area contributed by atoms with Crippen molar-refractivity contribution in [2.24, 2.45) is 0 Å². The normalized spacial score (nSPS) is 15.8. The fraction of sp³-hybridized carbons (Fsp3) is 0.500. The fourth-order valence-corrected chi connectivity index (χ4v) is 2.71. The topological polar surface area (TPSA) is 49.3 Å². The summed E-state index contributed by atoms with van der Waals surface area (Å²) in [5.74, 6) is 0.462. The molecule has 2 N–H and O–H groups in total. The Labute approximate surface area is 113 Å². The zero-order valence-corrected chi connectivity index (χ0v) is 12.0. The molecule has 0 aliphatic rings. The van der Waals surface area contributed by atoms with Crippen LogP contribution in [0.25, 0.3) is 0 Å². The molecular weight excluding hydrogens is 246 g/mol. The van der Waals surface area contributed by atoms with Crippen molar-refractivity contribution in [1.29, 1.82) is 0 Å². The highest BCUT2D eigenvalue weighted by Gasteiger charge is 2.31. The molecule has 2 atom stereocenters. The molecule has 1 aromatic carbocycles. The number of amides is 1. The summed E-state index contributed by atoms with van der Waals surface area (Å²) in [6.07, 6.45) is 2.65. The van der Waals surface area contributed by atoms with Gasteiger partial charge in [0.1, 0.15) is 0 Å². The maximum atomic E-state index is 12.0. The molecule has 18 heavy (non-hydrogen) atoms. The molecule has 1 rings (SSSR count). The Balaban J connectivity index is 2.72. The molecular formula is C14H21NO2S. The van der Waals surface area contributed by atoms with Gasteiger partial charge in [0.05, 0.1) is 11.6 Å². The first-order valence-electron chi connectivity index (χ1n) is 6.08. The second-order valence-corrected chi connectivity index (χ2v) is 5.46. The van der Waals surface area contributed by atoms with E-state index in [1.165, 1.54) is 0 Å². The SMILES string of the molecule is CC[C@@H](NC(=O)c1ccccc1)C(C)(O)CSC. The molecule has 3 nitrogen and oxygen atoms in total. The number of aliphatic hydroxyl groups is 1. The number of thioether (sulfide) groups is 1. The van der Waals surface area contributed by atoms with Crippen LogP contribution in [0.5, 0.6) is 0 Å². The Hall–Kier alpha value is -1.00. The monoisotopic (exact) mass is 267 g/mol. The zero-order chi connectivity index (χ0) is 13.6. The molecule has 0 aromatic heterocycles. The predicted octanol–water partition coefficient (Wildman–Crippen LogP) is 2.31. The molecule has 1 aromatic rings. The number of benzene rings is 1. The second kappa shape index (κ2) is 6.81. The average Bonchev–Trinajstić information content (AvgIpc) is 2.36. The van der Waals surface area contributed by atoms with Crippen LogP contribution < -0.4 is 5.32 Å². The largest absolute Gasteiger partial charge is 0.387 e. The quantitative estimate of drug-likeness (QED) is 0.831. The summed E-state index contributed by atoms with van der Waals surface area (Å²) in [6.45, 7) is 3.73. The summed E-state index contributed by atoms with van der Waals surface area (Å²) >= 11 is 1.57. The number of hydrogen-bond acceptors (Lipinski definition) is 3. The minimum atomic E-state index is -0.890. The van der Waals surface area contributed by atoms with Crippen LogP contribution in [0.15, 0.2) is 30.3 Å². The average molecular weight is 267 g/mol. The van der Waals surface area contributed by atoms with Crippen LogP contribution in [0.3, 0.4) is 0 Å². The van der Waals surface area contributed by atoms with E-state index in [1.807, 2.05) is 31.4 Å². The highest BCUT2D eigenvalue weighted by atomic mass is 32.2. The van der Waals surface area contributed by atoms with Gasteiger partial charge in [0.2, 0.25) is 0 Å². The van der Waals surface area contributed by atoms with Gasteiger partial charge in [-0.3, -0.25) is 4.79 Å². The van der Waals surface area contributed by atoms with Crippen molar-refractivity contribution in [2.75, 3.05) is 12.0 Å². The molecule has 0 aliphatic carbocycles. The second-order valence-electron chi connectivity index (χ2n) is 4.59. The van der Waals surface area contributed by atoms with Crippen molar-refractivity contribution in [1.82, 2.24) is 5.32 Å².